The van der Waals surface area contributed by atoms with Crippen LogP contribution in [-0.2, 0) is 9.53 Å². The molecule has 0 amide bonds. The average Bonchev–Trinajstić information content (AvgIpc) is 3.65. The van der Waals surface area contributed by atoms with E-state index in [1.807, 2.05) is 47.8 Å². The maximum absolute atomic E-state index is 13.9. The molecule has 0 fully saturated rings. The molecule has 37 heavy (non-hydrogen) atoms. The van der Waals surface area contributed by atoms with Gasteiger partial charge in [-0.2, -0.15) is 0 Å². The first kappa shape index (κ1) is 23.7. The van der Waals surface area contributed by atoms with Crippen molar-refractivity contribution in [3.63, 3.8) is 0 Å². The quantitative estimate of drug-likeness (QED) is 0.345. The van der Waals surface area contributed by atoms with Crippen LogP contribution in [0.15, 0.2) is 75.3 Å². The summed E-state index contributed by atoms with van der Waals surface area (Å²) in [6, 6.07) is 16.0. The fourth-order valence-electron chi connectivity index (χ4n) is 4.34. The molecule has 0 bridgehead atoms. The Labute approximate surface area is 224 Å². The molecule has 4 heterocycles. The van der Waals surface area contributed by atoms with Crippen LogP contribution in [0.4, 0.5) is 0 Å². The first-order valence-corrected chi connectivity index (χ1v) is 13.5. The number of rotatable bonds is 5. The van der Waals surface area contributed by atoms with Gasteiger partial charge in [-0.1, -0.05) is 59.3 Å². The fraction of sp³-hybridized carbons (Fsp3) is 0.148. The van der Waals surface area contributed by atoms with Crippen LogP contribution in [0.1, 0.15) is 29.0 Å². The Bertz CT molecular complexity index is 1720. The minimum atomic E-state index is -0.681. The number of aromatic nitrogens is 1. The van der Waals surface area contributed by atoms with E-state index >= 15 is 0 Å². The Morgan fingerprint density at radius 2 is 1.97 bits per heavy atom. The van der Waals surface area contributed by atoms with E-state index in [9.17, 15) is 9.59 Å². The molecule has 10 heteroatoms. The van der Waals surface area contributed by atoms with Crippen LogP contribution in [0, 0.1) is 0 Å². The van der Waals surface area contributed by atoms with Crippen molar-refractivity contribution >= 4 is 52.0 Å². The van der Waals surface area contributed by atoms with Crippen molar-refractivity contribution in [1.82, 2.24) is 4.57 Å². The van der Waals surface area contributed by atoms with Gasteiger partial charge in [0.15, 0.2) is 16.3 Å². The number of esters is 1. The molecule has 0 radical (unpaired) electrons. The molecule has 0 unspecified atom stereocenters. The van der Waals surface area contributed by atoms with Gasteiger partial charge >= 0.3 is 5.97 Å². The zero-order valence-corrected chi connectivity index (χ0v) is 21.9. The molecule has 0 saturated heterocycles. The largest absolute Gasteiger partial charge is 0.463 e. The number of nitrogens with zero attached hydrogens (tertiary/aromatic N) is 2. The Morgan fingerprint density at radius 3 is 2.70 bits per heavy atom. The zero-order valence-electron chi connectivity index (χ0n) is 19.5. The average molecular weight is 551 g/mol. The van der Waals surface area contributed by atoms with Crippen molar-refractivity contribution in [3.8, 4) is 11.5 Å². The van der Waals surface area contributed by atoms with E-state index < -0.39 is 12.0 Å². The van der Waals surface area contributed by atoms with Gasteiger partial charge in [-0.3, -0.25) is 9.36 Å². The van der Waals surface area contributed by atoms with Gasteiger partial charge in [0.05, 0.1) is 27.4 Å². The van der Waals surface area contributed by atoms with Gasteiger partial charge in [0.1, 0.15) is 6.04 Å². The number of halogens is 1. The Balaban J connectivity index is 1.61. The third-order valence-electron chi connectivity index (χ3n) is 5.96. The Kier molecular flexibility index (Phi) is 6.19. The van der Waals surface area contributed by atoms with Crippen molar-refractivity contribution in [3.05, 3.63) is 106 Å². The lowest BCUT2D eigenvalue weighted by Gasteiger charge is -2.24. The predicted molar refractivity (Wildman–Crippen MR) is 143 cm³/mol. The van der Waals surface area contributed by atoms with Gasteiger partial charge in [-0.15, -0.1) is 11.3 Å². The smallest absolute Gasteiger partial charge is 0.338 e. The summed E-state index contributed by atoms with van der Waals surface area (Å²) in [5, 5.41) is 2.35. The van der Waals surface area contributed by atoms with Crippen LogP contribution in [-0.4, -0.2) is 23.9 Å². The van der Waals surface area contributed by atoms with Gasteiger partial charge in [0, 0.05) is 16.5 Å². The van der Waals surface area contributed by atoms with E-state index in [1.165, 1.54) is 22.7 Å². The summed E-state index contributed by atoms with van der Waals surface area (Å²) in [5.74, 6) is 0.625. The normalized spacial score (nSPS) is 16.5. The molecule has 0 aliphatic carbocycles. The molecular weight excluding hydrogens is 532 g/mol. The SMILES string of the molecule is CCOC(=O)C1=C(c2ccccc2)N=c2s/c(=C/c3cc4c(cc3Cl)OCO4)c(=O)n2[C@@H]1c1cccs1. The monoisotopic (exact) mass is 550 g/mol. The molecule has 0 spiro atoms. The first-order chi connectivity index (χ1) is 18.0. The van der Waals surface area contributed by atoms with Crippen LogP contribution in [0.25, 0.3) is 11.8 Å². The number of fused-ring (bicyclic) bond motifs is 2. The first-order valence-electron chi connectivity index (χ1n) is 11.5. The van der Waals surface area contributed by atoms with E-state index in [0.717, 1.165) is 10.4 Å². The molecule has 2 aliphatic rings. The van der Waals surface area contributed by atoms with Crippen LogP contribution in [0.2, 0.25) is 5.02 Å². The fourth-order valence-corrected chi connectivity index (χ4v) is 6.36. The molecular formula is C27H19ClN2O5S2. The Hall–Kier alpha value is -3.66. The van der Waals surface area contributed by atoms with E-state index in [0.29, 0.717) is 42.7 Å². The molecule has 1 atom stereocenters. The van der Waals surface area contributed by atoms with Crippen molar-refractivity contribution in [2.75, 3.05) is 13.4 Å². The molecule has 4 aromatic rings. The van der Waals surface area contributed by atoms with E-state index in [-0.39, 0.29) is 19.0 Å². The summed E-state index contributed by atoms with van der Waals surface area (Å²) < 4.78 is 18.3. The van der Waals surface area contributed by atoms with Crippen molar-refractivity contribution in [2.24, 2.45) is 4.99 Å². The predicted octanol–water partition coefficient (Wildman–Crippen LogP) is 4.38. The molecule has 6 rings (SSSR count). The zero-order chi connectivity index (χ0) is 25.5. The molecule has 0 saturated carbocycles. The number of ether oxygens (including phenoxy) is 3. The highest BCUT2D eigenvalue weighted by Crippen LogP contribution is 2.38. The van der Waals surface area contributed by atoms with Crippen molar-refractivity contribution < 1.29 is 19.0 Å². The van der Waals surface area contributed by atoms with Gasteiger partial charge in [0.2, 0.25) is 6.79 Å². The topological polar surface area (TPSA) is 79.1 Å². The van der Waals surface area contributed by atoms with E-state index in [2.05, 4.69) is 0 Å². The number of carbonyl (C=O) groups is 1. The maximum Gasteiger partial charge on any atom is 0.338 e. The lowest BCUT2D eigenvalue weighted by atomic mass is 9.97. The summed E-state index contributed by atoms with van der Waals surface area (Å²) in [5.41, 5.74) is 1.94. The lowest BCUT2D eigenvalue weighted by Crippen LogP contribution is -2.39. The van der Waals surface area contributed by atoms with Crippen LogP contribution < -0.4 is 24.4 Å². The molecule has 2 aromatic heterocycles. The highest BCUT2D eigenvalue weighted by Gasteiger charge is 2.35. The molecule has 7 nitrogen and oxygen atoms in total. The number of thiophene rings is 1. The number of hydrogen-bond acceptors (Lipinski definition) is 8. The summed E-state index contributed by atoms with van der Waals surface area (Å²) in [7, 11) is 0. The maximum atomic E-state index is 13.9. The van der Waals surface area contributed by atoms with Gasteiger partial charge in [-0.05, 0) is 36.1 Å². The van der Waals surface area contributed by atoms with Crippen molar-refractivity contribution in [1.29, 1.82) is 0 Å². The van der Waals surface area contributed by atoms with Crippen molar-refractivity contribution in [2.45, 2.75) is 13.0 Å². The Morgan fingerprint density at radius 1 is 1.19 bits per heavy atom. The van der Waals surface area contributed by atoms with Gasteiger partial charge in [0.25, 0.3) is 5.56 Å². The number of carbonyl (C=O) groups excluding carboxylic acids is 1. The third-order valence-corrected chi connectivity index (χ3v) is 8.20. The van der Waals surface area contributed by atoms with Crippen LogP contribution in [0.5, 0.6) is 11.5 Å². The second kappa shape index (κ2) is 9.66. The van der Waals surface area contributed by atoms with E-state index in [4.69, 9.17) is 30.8 Å². The molecule has 2 aliphatic heterocycles. The minimum Gasteiger partial charge on any atom is -0.463 e. The molecule has 0 N–H and O–H groups in total. The van der Waals surface area contributed by atoms with Crippen LogP contribution >= 0.6 is 34.3 Å². The highest BCUT2D eigenvalue weighted by atomic mass is 35.5. The molecule has 2 aromatic carbocycles. The van der Waals surface area contributed by atoms with Crippen LogP contribution in [0.3, 0.4) is 0 Å². The number of hydrogen-bond donors (Lipinski definition) is 0. The summed E-state index contributed by atoms with van der Waals surface area (Å²) in [6.07, 6.45) is 1.72. The van der Waals surface area contributed by atoms with Gasteiger partial charge < -0.3 is 14.2 Å². The summed E-state index contributed by atoms with van der Waals surface area (Å²) in [4.78, 5) is 33.4. The summed E-state index contributed by atoms with van der Waals surface area (Å²) in [6.45, 7) is 2.08. The standard InChI is InChI=1S/C27H19ClN2O5S2/c1-2-33-26(32)22-23(15-7-4-3-5-8-15)29-27-30(24(22)20-9-6-10-36-20)25(31)21(37-27)12-16-11-18-19(13-17(16)28)35-14-34-18/h3-13,24H,2,14H2,1H3/b21-12+/t24-/m1/s1. The van der Waals surface area contributed by atoms with E-state index in [1.54, 1.807) is 29.7 Å². The minimum absolute atomic E-state index is 0.122. The highest BCUT2D eigenvalue weighted by molar-refractivity contribution is 7.10. The second-order valence-corrected chi connectivity index (χ2v) is 10.6. The lowest BCUT2D eigenvalue weighted by molar-refractivity contribution is -0.138. The molecule has 186 valence electrons. The number of benzene rings is 2. The summed E-state index contributed by atoms with van der Waals surface area (Å²) >= 11 is 9.20. The second-order valence-electron chi connectivity index (χ2n) is 8.17. The number of thiazole rings is 1. The van der Waals surface area contributed by atoms with Gasteiger partial charge in [-0.25, -0.2) is 9.79 Å². The third kappa shape index (κ3) is 4.19.